The molecular formula is C21H22FN3O5. The van der Waals surface area contributed by atoms with E-state index in [2.05, 4.69) is 5.32 Å². The lowest BCUT2D eigenvalue weighted by Gasteiger charge is -2.21. The van der Waals surface area contributed by atoms with Crippen LogP contribution in [0.15, 0.2) is 48.5 Å². The number of nitrogens with one attached hydrogen (secondary N) is 1. The van der Waals surface area contributed by atoms with Crippen molar-refractivity contribution in [3.63, 3.8) is 0 Å². The maximum atomic E-state index is 13.1. The normalized spacial score (nSPS) is 16.2. The van der Waals surface area contributed by atoms with Gasteiger partial charge in [0.1, 0.15) is 17.6 Å². The van der Waals surface area contributed by atoms with E-state index in [0.717, 1.165) is 4.90 Å². The Morgan fingerprint density at radius 1 is 1.13 bits per heavy atom. The van der Waals surface area contributed by atoms with Gasteiger partial charge in [0.2, 0.25) is 5.91 Å². The first-order chi connectivity index (χ1) is 14.4. The summed E-state index contributed by atoms with van der Waals surface area (Å²) in [5.74, 6) is -0.917. The van der Waals surface area contributed by atoms with Gasteiger partial charge in [0.25, 0.3) is 5.91 Å². The first kappa shape index (κ1) is 21.3. The first-order valence-electron chi connectivity index (χ1n) is 9.27. The van der Waals surface area contributed by atoms with Crippen LogP contribution in [0.2, 0.25) is 0 Å². The van der Waals surface area contributed by atoms with Gasteiger partial charge in [0, 0.05) is 25.4 Å². The lowest BCUT2D eigenvalue weighted by Crippen LogP contribution is -2.39. The molecule has 1 atom stereocenters. The van der Waals surface area contributed by atoms with E-state index in [1.54, 1.807) is 24.3 Å². The number of ether oxygens (including phenoxy) is 2. The first-order valence-corrected chi connectivity index (χ1v) is 9.27. The molecule has 0 saturated carbocycles. The average Bonchev–Trinajstić information content (AvgIpc) is 2.97. The number of carbonyl (C=O) groups is 3. The van der Waals surface area contributed by atoms with E-state index in [0.29, 0.717) is 17.1 Å². The number of imide groups is 1. The maximum Gasteiger partial charge on any atom is 0.332 e. The highest BCUT2D eigenvalue weighted by Crippen LogP contribution is 2.29. The van der Waals surface area contributed by atoms with Crippen molar-refractivity contribution in [2.75, 3.05) is 37.6 Å². The van der Waals surface area contributed by atoms with E-state index < -0.39 is 29.7 Å². The van der Waals surface area contributed by atoms with Gasteiger partial charge in [-0.2, -0.15) is 0 Å². The van der Waals surface area contributed by atoms with Crippen LogP contribution < -0.4 is 15.0 Å². The van der Waals surface area contributed by atoms with Crippen molar-refractivity contribution in [3.8, 4) is 5.75 Å². The van der Waals surface area contributed by atoms with Crippen molar-refractivity contribution < 1.29 is 28.2 Å². The Balaban J connectivity index is 1.81. The molecule has 1 fully saturated rings. The van der Waals surface area contributed by atoms with Crippen LogP contribution in [-0.2, 0) is 14.3 Å². The van der Waals surface area contributed by atoms with E-state index in [1.807, 2.05) is 0 Å². The zero-order chi connectivity index (χ0) is 21.7. The van der Waals surface area contributed by atoms with E-state index in [1.165, 1.54) is 43.4 Å². The van der Waals surface area contributed by atoms with Crippen molar-refractivity contribution in [2.24, 2.45) is 0 Å². The van der Waals surface area contributed by atoms with Gasteiger partial charge in [-0.3, -0.25) is 9.59 Å². The SMILES string of the molecule is COCCN1C(=O)N(c2cccc(OC)c2)C(=O)C1CC(=O)Nc1ccc(F)cc1. The topological polar surface area (TPSA) is 88.2 Å². The fourth-order valence-corrected chi connectivity index (χ4v) is 3.19. The molecule has 1 unspecified atom stereocenters. The van der Waals surface area contributed by atoms with Crippen LogP contribution >= 0.6 is 0 Å². The fourth-order valence-electron chi connectivity index (χ4n) is 3.19. The Morgan fingerprint density at radius 3 is 2.53 bits per heavy atom. The number of rotatable bonds is 8. The standard InChI is InChI=1S/C21H22FN3O5/c1-29-11-10-24-18(13-19(26)23-15-8-6-14(22)7-9-15)20(27)25(21(24)28)16-4-3-5-17(12-16)30-2/h3-9,12,18H,10-11,13H2,1-2H3,(H,23,26). The number of halogens is 1. The molecule has 2 aromatic rings. The number of methoxy groups -OCH3 is 2. The third-order valence-corrected chi connectivity index (χ3v) is 4.67. The zero-order valence-electron chi connectivity index (χ0n) is 16.6. The summed E-state index contributed by atoms with van der Waals surface area (Å²) in [6.07, 6.45) is -0.244. The minimum absolute atomic E-state index is 0.149. The lowest BCUT2D eigenvalue weighted by molar-refractivity contribution is -0.124. The molecule has 0 spiro atoms. The quantitative estimate of drug-likeness (QED) is 0.670. The molecule has 9 heteroatoms. The number of anilines is 2. The minimum Gasteiger partial charge on any atom is -0.497 e. The summed E-state index contributed by atoms with van der Waals surface area (Å²) in [5.41, 5.74) is 0.750. The van der Waals surface area contributed by atoms with Gasteiger partial charge in [-0.1, -0.05) is 6.07 Å². The van der Waals surface area contributed by atoms with Crippen LogP contribution in [0.4, 0.5) is 20.6 Å². The highest BCUT2D eigenvalue weighted by molar-refractivity contribution is 6.22. The number of hydrogen-bond donors (Lipinski definition) is 1. The second kappa shape index (κ2) is 9.36. The monoisotopic (exact) mass is 415 g/mol. The smallest absolute Gasteiger partial charge is 0.332 e. The number of benzene rings is 2. The molecule has 1 heterocycles. The van der Waals surface area contributed by atoms with Crippen molar-refractivity contribution in [2.45, 2.75) is 12.5 Å². The molecule has 8 nitrogen and oxygen atoms in total. The predicted octanol–water partition coefficient (Wildman–Crippen LogP) is 2.65. The molecule has 0 radical (unpaired) electrons. The highest BCUT2D eigenvalue weighted by Gasteiger charge is 2.46. The number of nitrogens with zero attached hydrogens (tertiary/aromatic N) is 2. The molecular weight excluding hydrogens is 393 g/mol. The van der Waals surface area contributed by atoms with Crippen LogP contribution in [0.25, 0.3) is 0 Å². The summed E-state index contributed by atoms with van der Waals surface area (Å²) in [4.78, 5) is 40.9. The third-order valence-electron chi connectivity index (χ3n) is 4.67. The Labute approximate surface area is 173 Å². The van der Waals surface area contributed by atoms with Crippen LogP contribution in [0.1, 0.15) is 6.42 Å². The molecule has 158 valence electrons. The zero-order valence-corrected chi connectivity index (χ0v) is 16.6. The van der Waals surface area contributed by atoms with Crippen LogP contribution in [0, 0.1) is 5.82 Å². The van der Waals surface area contributed by atoms with Gasteiger partial charge in [-0.15, -0.1) is 0 Å². The molecule has 2 aromatic carbocycles. The molecule has 1 saturated heterocycles. The number of hydrogen-bond acceptors (Lipinski definition) is 5. The van der Waals surface area contributed by atoms with E-state index in [4.69, 9.17) is 9.47 Å². The molecule has 0 aliphatic carbocycles. The van der Waals surface area contributed by atoms with Gasteiger partial charge in [-0.05, 0) is 36.4 Å². The summed E-state index contributed by atoms with van der Waals surface area (Å²) in [5, 5.41) is 2.62. The lowest BCUT2D eigenvalue weighted by atomic mass is 10.1. The summed E-state index contributed by atoms with van der Waals surface area (Å²) in [7, 11) is 2.97. The second-order valence-electron chi connectivity index (χ2n) is 6.62. The van der Waals surface area contributed by atoms with E-state index >= 15 is 0 Å². The number of urea groups is 1. The summed E-state index contributed by atoms with van der Waals surface area (Å²) < 4.78 is 23.3. The predicted molar refractivity (Wildman–Crippen MR) is 108 cm³/mol. The van der Waals surface area contributed by atoms with Crippen LogP contribution in [0.5, 0.6) is 5.75 Å². The van der Waals surface area contributed by atoms with Crippen LogP contribution in [0.3, 0.4) is 0 Å². The number of amides is 4. The van der Waals surface area contributed by atoms with Crippen molar-refractivity contribution in [1.29, 1.82) is 0 Å². The molecule has 3 rings (SSSR count). The largest absolute Gasteiger partial charge is 0.497 e. The maximum absolute atomic E-state index is 13.1. The number of carbonyl (C=O) groups excluding carboxylic acids is 3. The van der Waals surface area contributed by atoms with Gasteiger partial charge < -0.3 is 19.7 Å². The minimum atomic E-state index is -0.987. The highest BCUT2D eigenvalue weighted by atomic mass is 19.1. The van der Waals surface area contributed by atoms with Crippen LogP contribution in [-0.4, -0.2) is 56.2 Å². The summed E-state index contributed by atoms with van der Waals surface area (Å²) >= 11 is 0. The Bertz CT molecular complexity index is 934. The molecule has 1 N–H and O–H groups in total. The second-order valence-corrected chi connectivity index (χ2v) is 6.62. The molecule has 4 amide bonds. The molecule has 1 aliphatic heterocycles. The van der Waals surface area contributed by atoms with E-state index in [9.17, 15) is 18.8 Å². The Hall–Kier alpha value is -3.46. The molecule has 0 bridgehead atoms. The summed E-state index contributed by atoms with van der Waals surface area (Å²) in [6.45, 7) is 0.358. The van der Waals surface area contributed by atoms with Gasteiger partial charge in [0.05, 0.1) is 25.8 Å². The Kier molecular flexibility index (Phi) is 6.63. The third kappa shape index (κ3) is 4.57. The molecule has 1 aliphatic rings. The summed E-state index contributed by atoms with van der Waals surface area (Å²) in [6, 6.07) is 10.3. The van der Waals surface area contributed by atoms with Crippen molar-refractivity contribution >= 4 is 29.2 Å². The fraction of sp³-hybridized carbons (Fsp3) is 0.286. The van der Waals surface area contributed by atoms with Gasteiger partial charge in [-0.25, -0.2) is 14.1 Å². The average molecular weight is 415 g/mol. The molecule has 30 heavy (non-hydrogen) atoms. The van der Waals surface area contributed by atoms with E-state index in [-0.39, 0.29) is 19.6 Å². The van der Waals surface area contributed by atoms with Gasteiger partial charge in [0.15, 0.2) is 0 Å². The van der Waals surface area contributed by atoms with Crippen molar-refractivity contribution in [1.82, 2.24) is 4.90 Å². The Morgan fingerprint density at radius 2 is 1.87 bits per heavy atom. The van der Waals surface area contributed by atoms with Gasteiger partial charge >= 0.3 is 6.03 Å². The molecule has 0 aromatic heterocycles. The van der Waals surface area contributed by atoms with Crippen molar-refractivity contribution in [3.05, 3.63) is 54.3 Å².